The maximum absolute atomic E-state index is 14.0. The Bertz CT molecular complexity index is 1450. The number of benzene rings is 2. The highest BCUT2D eigenvalue weighted by atomic mass is 19.4. The summed E-state index contributed by atoms with van der Waals surface area (Å²) in [5, 5.41) is 16.9. The Kier molecular flexibility index (Phi) is 8.04. The summed E-state index contributed by atoms with van der Waals surface area (Å²) < 4.78 is 52.7. The second-order valence-corrected chi connectivity index (χ2v) is 11.6. The number of carbonyl (C=O) groups excluding carboxylic acids is 4. The standard InChI is InChI=1S/C29H29F4N5O4/c1-27(2,3)22(37-26(42)29(31,32)33)23(39)35-21(12-16-8-10-17(30)11-9-16)24(40)38-15-28(13-18(38)14-34)19-6-4-5-7-20(19)36-25(28)41/h4-11,18,21-22H,12-13,15H2,1-3H3,(H,35,39)(H,36,41)(H,37,42)/t18-,21-,22+,28-/m0/s1. The van der Waals surface area contributed by atoms with Gasteiger partial charge in [0, 0.05) is 25.1 Å². The van der Waals surface area contributed by atoms with Gasteiger partial charge in [-0.1, -0.05) is 51.1 Å². The van der Waals surface area contributed by atoms with Crippen molar-refractivity contribution in [3.8, 4) is 6.07 Å². The van der Waals surface area contributed by atoms with Gasteiger partial charge in [-0.2, -0.15) is 18.4 Å². The molecule has 0 saturated carbocycles. The monoisotopic (exact) mass is 587 g/mol. The molecule has 2 aliphatic heterocycles. The Morgan fingerprint density at radius 3 is 2.33 bits per heavy atom. The van der Waals surface area contributed by atoms with Crippen LogP contribution in [0.15, 0.2) is 48.5 Å². The smallest absolute Gasteiger partial charge is 0.342 e. The van der Waals surface area contributed by atoms with E-state index in [0.717, 1.165) is 12.1 Å². The van der Waals surface area contributed by atoms with E-state index in [-0.39, 0.29) is 25.3 Å². The number of fused-ring (bicyclic) bond motifs is 2. The summed E-state index contributed by atoms with van der Waals surface area (Å²) in [6, 6.07) is 9.79. The van der Waals surface area contributed by atoms with Gasteiger partial charge >= 0.3 is 12.1 Å². The molecular weight excluding hydrogens is 558 g/mol. The van der Waals surface area contributed by atoms with E-state index in [9.17, 15) is 42.0 Å². The molecule has 2 heterocycles. The van der Waals surface area contributed by atoms with Crippen LogP contribution in [-0.4, -0.2) is 59.4 Å². The number of amides is 4. The van der Waals surface area contributed by atoms with Crippen molar-refractivity contribution in [3.05, 3.63) is 65.5 Å². The van der Waals surface area contributed by atoms with E-state index in [1.807, 2.05) is 6.07 Å². The lowest BCUT2D eigenvalue weighted by atomic mass is 9.80. The van der Waals surface area contributed by atoms with E-state index in [1.54, 1.807) is 29.6 Å². The molecule has 0 aliphatic carbocycles. The minimum absolute atomic E-state index is 0.0123. The van der Waals surface area contributed by atoms with Crippen LogP contribution in [-0.2, 0) is 31.0 Å². The molecule has 9 nitrogen and oxygen atoms in total. The average Bonchev–Trinajstić information content (AvgIpc) is 3.44. The number of carbonyl (C=O) groups is 4. The number of para-hydroxylation sites is 1. The van der Waals surface area contributed by atoms with Crippen LogP contribution in [0.4, 0.5) is 23.2 Å². The molecule has 0 aromatic heterocycles. The van der Waals surface area contributed by atoms with Gasteiger partial charge in [0.05, 0.1) is 11.5 Å². The van der Waals surface area contributed by atoms with Crippen LogP contribution in [0.3, 0.4) is 0 Å². The van der Waals surface area contributed by atoms with Gasteiger partial charge in [-0.3, -0.25) is 19.2 Å². The Morgan fingerprint density at radius 1 is 1.10 bits per heavy atom. The number of nitrogens with zero attached hydrogens (tertiary/aromatic N) is 2. The molecule has 4 amide bonds. The molecule has 1 spiro atoms. The number of halogens is 4. The van der Waals surface area contributed by atoms with Crippen molar-refractivity contribution >= 4 is 29.3 Å². The van der Waals surface area contributed by atoms with Crippen LogP contribution in [0.1, 0.15) is 38.3 Å². The van der Waals surface area contributed by atoms with Crippen LogP contribution in [0, 0.1) is 22.6 Å². The molecule has 2 aromatic rings. The van der Waals surface area contributed by atoms with Crippen molar-refractivity contribution in [2.75, 3.05) is 11.9 Å². The summed E-state index contributed by atoms with van der Waals surface area (Å²) >= 11 is 0. The van der Waals surface area contributed by atoms with Crippen molar-refractivity contribution in [1.29, 1.82) is 5.26 Å². The predicted octanol–water partition coefficient (Wildman–Crippen LogP) is 2.96. The summed E-state index contributed by atoms with van der Waals surface area (Å²) in [6.07, 6.45) is -5.48. The Morgan fingerprint density at radius 2 is 1.74 bits per heavy atom. The number of hydrogen-bond donors (Lipinski definition) is 3. The first-order chi connectivity index (χ1) is 19.6. The SMILES string of the molecule is CC(C)(C)[C@H](NC(=O)C(F)(F)F)C(=O)N[C@@H](Cc1ccc(F)cc1)C(=O)N1C[C@]2(C[C@H]1C#N)C(=O)Nc1ccccc12. The van der Waals surface area contributed by atoms with Crippen molar-refractivity contribution in [1.82, 2.24) is 15.5 Å². The third-order valence-corrected chi connectivity index (χ3v) is 7.54. The van der Waals surface area contributed by atoms with Gasteiger partial charge in [-0.15, -0.1) is 0 Å². The van der Waals surface area contributed by atoms with E-state index in [1.165, 1.54) is 37.8 Å². The van der Waals surface area contributed by atoms with E-state index in [4.69, 9.17) is 0 Å². The molecule has 0 radical (unpaired) electrons. The number of alkyl halides is 3. The second-order valence-electron chi connectivity index (χ2n) is 11.6. The lowest BCUT2D eigenvalue weighted by Gasteiger charge is -2.33. The maximum atomic E-state index is 14.0. The Hall–Kier alpha value is -4.47. The first-order valence-corrected chi connectivity index (χ1v) is 13.1. The van der Waals surface area contributed by atoms with Crippen molar-refractivity contribution in [2.24, 2.45) is 5.41 Å². The quantitative estimate of drug-likeness (QED) is 0.448. The van der Waals surface area contributed by atoms with Gasteiger partial charge in [0.25, 0.3) is 0 Å². The molecule has 2 aromatic carbocycles. The third kappa shape index (κ3) is 5.93. The fourth-order valence-electron chi connectivity index (χ4n) is 5.39. The number of nitrogens with one attached hydrogen (secondary N) is 3. The normalized spacial score (nSPS) is 21.2. The van der Waals surface area contributed by atoms with Crippen LogP contribution in [0.5, 0.6) is 0 Å². The maximum Gasteiger partial charge on any atom is 0.471 e. The Balaban J connectivity index is 1.67. The van der Waals surface area contributed by atoms with Gasteiger partial charge in [0.2, 0.25) is 17.7 Å². The minimum Gasteiger partial charge on any atom is -0.342 e. The van der Waals surface area contributed by atoms with Gasteiger partial charge in [0.15, 0.2) is 0 Å². The zero-order valence-electron chi connectivity index (χ0n) is 23.0. The van der Waals surface area contributed by atoms with Crippen molar-refractivity contribution in [3.63, 3.8) is 0 Å². The van der Waals surface area contributed by atoms with E-state index >= 15 is 0 Å². The number of rotatable bonds is 6. The molecule has 0 bridgehead atoms. The van der Waals surface area contributed by atoms with Gasteiger partial charge in [-0.25, -0.2) is 4.39 Å². The fraction of sp³-hybridized carbons (Fsp3) is 0.414. The molecule has 222 valence electrons. The van der Waals surface area contributed by atoms with E-state index in [2.05, 4.69) is 10.6 Å². The zero-order chi connectivity index (χ0) is 31.0. The summed E-state index contributed by atoms with van der Waals surface area (Å²) in [6.45, 7) is 4.14. The van der Waals surface area contributed by atoms with Crippen LogP contribution >= 0.6 is 0 Å². The molecule has 42 heavy (non-hydrogen) atoms. The molecule has 0 unspecified atom stereocenters. The molecular formula is C29H29F4N5O4. The van der Waals surface area contributed by atoms with E-state index < -0.39 is 58.7 Å². The topological polar surface area (TPSA) is 131 Å². The zero-order valence-corrected chi connectivity index (χ0v) is 23.0. The van der Waals surface area contributed by atoms with Crippen molar-refractivity contribution < 1.29 is 36.7 Å². The number of nitriles is 1. The first-order valence-electron chi connectivity index (χ1n) is 13.1. The molecule has 1 fully saturated rings. The second kappa shape index (κ2) is 11.1. The Labute approximate surface area is 239 Å². The number of anilines is 1. The highest BCUT2D eigenvalue weighted by Gasteiger charge is 2.56. The first kappa shape index (κ1) is 30.5. The fourth-order valence-corrected chi connectivity index (χ4v) is 5.39. The predicted molar refractivity (Wildman–Crippen MR) is 142 cm³/mol. The summed E-state index contributed by atoms with van der Waals surface area (Å²) in [5.74, 6) is -5.09. The van der Waals surface area contributed by atoms with Gasteiger partial charge in [0.1, 0.15) is 23.9 Å². The summed E-state index contributed by atoms with van der Waals surface area (Å²) in [4.78, 5) is 53.5. The molecule has 4 atom stereocenters. The lowest BCUT2D eigenvalue weighted by Crippen LogP contribution is -2.60. The van der Waals surface area contributed by atoms with Gasteiger partial charge < -0.3 is 20.9 Å². The van der Waals surface area contributed by atoms with Gasteiger partial charge in [-0.05, 0) is 34.7 Å². The third-order valence-electron chi connectivity index (χ3n) is 7.54. The summed E-state index contributed by atoms with van der Waals surface area (Å²) in [5.41, 5.74) is -0.836. The molecule has 4 rings (SSSR count). The average molecular weight is 588 g/mol. The van der Waals surface area contributed by atoms with Crippen molar-refractivity contribution in [2.45, 2.75) is 63.3 Å². The van der Waals surface area contributed by atoms with Crippen LogP contribution < -0.4 is 16.0 Å². The highest BCUT2D eigenvalue weighted by Crippen LogP contribution is 2.46. The van der Waals surface area contributed by atoms with Crippen LogP contribution in [0.25, 0.3) is 0 Å². The van der Waals surface area contributed by atoms with Crippen LogP contribution in [0.2, 0.25) is 0 Å². The number of hydrogen-bond acceptors (Lipinski definition) is 5. The summed E-state index contributed by atoms with van der Waals surface area (Å²) in [7, 11) is 0. The minimum atomic E-state index is -5.25. The largest absolute Gasteiger partial charge is 0.471 e. The highest BCUT2D eigenvalue weighted by molar-refractivity contribution is 6.07. The molecule has 3 N–H and O–H groups in total. The van der Waals surface area contributed by atoms with E-state index in [0.29, 0.717) is 16.8 Å². The lowest BCUT2D eigenvalue weighted by molar-refractivity contribution is -0.175. The number of likely N-dealkylation sites (tertiary alicyclic amines) is 1. The molecule has 13 heteroatoms. The molecule has 1 saturated heterocycles. The molecule has 2 aliphatic rings.